The van der Waals surface area contributed by atoms with Crippen LogP contribution in [0.25, 0.3) is 0 Å². The SMILES string of the molecule is CSC1=NC(C)(C)CC(C)(O)N1c1cccc(Cl)c1.I. The summed E-state index contributed by atoms with van der Waals surface area (Å²) < 4.78 is 0. The minimum atomic E-state index is -0.978. The van der Waals surface area contributed by atoms with Crippen LogP contribution in [0.4, 0.5) is 5.69 Å². The highest BCUT2D eigenvalue weighted by Gasteiger charge is 2.42. The molecule has 0 saturated heterocycles. The average molecular weight is 427 g/mol. The van der Waals surface area contributed by atoms with Gasteiger partial charge in [-0.05, 0) is 45.2 Å². The Labute approximate surface area is 146 Å². The molecule has 1 unspecified atom stereocenters. The molecule has 0 saturated carbocycles. The van der Waals surface area contributed by atoms with Crippen molar-refractivity contribution in [2.75, 3.05) is 11.2 Å². The summed E-state index contributed by atoms with van der Waals surface area (Å²) in [7, 11) is 0. The molecule has 0 radical (unpaired) electrons. The van der Waals surface area contributed by atoms with E-state index in [1.165, 1.54) is 11.8 Å². The first-order valence-corrected chi connectivity index (χ1v) is 7.77. The maximum absolute atomic E-state index is 10.8. The molecule has 3 nitrogen and oxygen atoms in total. The van der Waals surface area contributed by atoms with E-state index in [1.54, 1.807) is 0 Å². The van der Waals surface area contributed by atoms with Crippen molar-refractivity contribution in [2.24, 2.45) is 4.99 Å². The number of amidine groups is 1. The molecule has 112 valence electrons. The van der Waals surface area contributed by atoms with Crippen LogP contribution in [0.2, 0.25) is 5.02 Å². The third kappa shape index (κ3) is 3.81. The van der Waals surface area contributed by atoms with Gasteiger partial charge in [-0.1, -0.05) is 29.4 Å². The molecule has 6 heteroatoms. The fourth-order valence-electron chi connectivity index (χ4n) is 2.59. The van der Waals surface area contributed by atoms with Crippen LogP contribution in [0.3, 0.4) is 0 Å². The predicted octanol–water partition coefficient (Wildman–Crippen LogP) is 4.37. The van der Waals surface area contributed by atoms with Gasteiger partial charge in [-0.15, -0.1) is 24.0 Å². The fourth-order valence-corrected chi connectivity index (χ4v) is 3.60. The van der Waals surface area contributed by atoms with E-state index < -0.39 is 5.72 Å². The number of aliphatic imine (C=N–C) groups is 1. The van der Waals surface area contributed by atoms with Gasteiger partial charge in [-0.25, -0.2) is 0 Å². The quantitative estimate of drug-likeness (QED) is 0.677. The van der Waals surface area contributed by atoms with Crippen molar-refractivity contribution in [3.63, 3.8) is 0 Å². The van der Waals surface area contributed by atoms with E-state index in [0.717, 1.165) is 10.9 Å². The number of halogens is 2. The van der Waals surface area contributed by atoms with E-state index in [1.807, 2.05) is 56.2 Å². The van der Waals surface area contributed by atoms with Crippen LogP contribution >= 0.6 is 47.3 Å². The molecule has 0 aliphatic carbocycles. The van der Waals surface area contributed by atoms with Crippen molar-refractivity contribution in [1.82, 2.24) is 0 Å². The number of thioether (sulfide) groups is 1. The topological polar surface area (TPSA) is 35.8 Å². The molecule has 1 aromatic rings. The molecule has 1 aliphatic rings. The number of rotatable bonds is 1. The number of nitrogens with zero attached hydrogens (tertiary/aromatic N) is 2. The molecule has 20 heavy (non-hydrogen) atoms. The summed E-state index contributed by atoms with van der Waals surface area (Å²) in [5.74, 6) is 0. The molecule has 2 rings (SSSR count). The number of hydrogen-bond acceptors (Lipinski definition) is 4. The molecule has 1 atom stereocenters. The number of benzene rings is 1. The molecule has 1 aliphatic heterocycles. The van der Waals surface area contributed by atoms with E-state index >= 15 is 0 Å². The first kappa shape index (κ1) is 18.1. The second-order valence-electron chi connectivity index (χ2n) is 5.62. The molecule has 1 aromatic carbocycles. The highest BCUT2D eigenvalue weighted by Crippen LogP contribution is 2.38. The van der Waals surface area contributed by atoms with Crippen molar-refractivity contribution in [2.45, 2.75) is 38.5 Å². The second kappa shape index (κ2) is 6.42. The number of hydrogen-bond donors (Lipinski definition) is 1. The van der Waals surface area contributed by atoms with Crippen LogP contribution in [0, 0.1) is 0 Å². The van der Waals surface area contributed by atoms with Crippen molar-refractivity contribution in [3.05, 3.63) is 29.3 Å². The third-order valence-corrected chi connectivity index (χ3v) is 3.96. The van der Waals surface area contributed by atoms with Crippen LogP contribution in [0.5, 0.6) is 0 Å². The third-order valence-electron chi connectivity index (χ3n) is 3.09. The highest BCUT2D eigenvalue weighted by molar-refractivity contribution is 14.0. The zero-order valence-corrected chi connectivity index (χ0v) is 16.0. The van der Waals surface area contributed by atoms with Gasteiger partial charge in [-0.2, -0.15) is 0 Å². The summed E-state index contributed by atoms with van der Waals surface area (Å²) >= 11 is 7.58. The van der Waals surface area contributed by atoms with Gasteiger partial charge < -0.3 is 5.11 Å². The average Bonchev–Trinajstić information content (AvgIpc) is 2.25. The Morgan fingerprint density at radius 3 is 2.55 bits per heavy atom. The van der Waals surface area contributed by atoms with E-state index in [4.69, 9.17) is 16.6 Å². The number of aliphatic hydroxyl groups is 1. The molecule has 0 aromatic heterocycles. The largest absolute Gasteiger partial charge is 0.371 e. The normalized spacial score (nSPS) is 24.9. The lowest BCUT2D eigenvalue weighted by molar-refractivity contribution is 0.0369. The smallest absolute Gasteiger partial charge is 0.166 e. The zero-order valence-electron chi connectivity index (χ0n) is 12.1. The Balaban J connectivity index is 0.00000200. The van der Waals surface area contributed by atoms with Crippen molar-refractivity contribution in [3.8, 4) is 0 Å². The standard InChI is InChI=1S/C14H19ClN2OS.HI/c1-13(2)9-14(3,18)17(12(16-13)19-4)11-7-5-6-10(15)8-11;/h5-8,18H,9H2,1-4H3;1H. The predicted molar refractivity (Wildman–Crippen MR) is 99.6 cm³/mol. The highest BCUT2D eigenvalue weighted by atomic mass is 127. The minimum absolute atomic E-state index is 0. The van der Waals surface area contributed by atoms with Crippen LogP contribution in [-0.4, -0.2) is 27.8 Å². The molecular weight excluding hydrogens is 407 g/mol. The molecule has 1 heterocycles. The van der Waals surface area contributed by atoms with Crippen molar-refractivity contribution < 1.29 is 5.11 Å². The van der Waals surface area contributed by atoms with E-state index in [2.05, 4.69) is 0 Å². The summed E-state index contributed by atoms with van der Waals surface area (Å²) in [4.78, 5) is 6.57. The molecule has 0 amide bonds. The lowest BCUT2D eigenvalue weighted by Gasteiger charge is -2.46. The summed E-state index contributed by atoms with van der Waals surface area (Å²) in [6.07, 6.45) is 2.53. The fraction of sp³-hybridized carbons (Fsp3) is 0.500. The Morgan fingerprint density at radius 1 is 1.35 bits per heavy atom. The lowest BCUT2D eigenvalue weighted by atomic mass is 9.91. The summed E-state index contributed by atoms with van der Waals surface area (Å²) in [5.41, 5.74) is -0.383. The van der Waals surface area contributed by atoms with Gasteiger partial charge in [0.25, 0.3) is 0 Å². The van der Waals surface area contributed by atoms with E-state index in [-0.39, 0.29) is 29.5 Å². The van der Waals surface area contributed by atoms with Crippen LogP contribution in [-0.2, 0) is 0 Å². The lowest BCUT2D eigenvalue weighted by Crippen LogP contribution is -2.56. The summed E-state index contributed by atoms with van der Waals surface area (Å²) in [6, 6.07) is 7.49. The molecule has 0 bridgehead atoms. The van der Waals surface area contributed by atoms with Gasteiger partial charge in [0.05, 0.1) is 5.54 Å². The summed E-state index contributed by atoms with van der Waals surface area (Å²) in [6.45, 7) is 5.89. The summed E-state index contributed by atoms with van der Waals surface area (Å²) in [5, 5.41) is 12.3. The Hall–Kier alpha value is 0.0200. The van der Waals surface area contributed by atoms with Crippen LogP contribution in [0.15, 0.2) is 29.3 Å². The molecule has 0 fully saturated rings. The maximum atomic E-state index is 10.8. The monoisotopic (exact) mass is 426 g/mol. The zero-order chi connectivity index (χ0) is 14.3. The maximum Gasteiger partial charge on any atom is 0.166 e. The van der Waals surface area contributed by atoms with Gasteiger partial charge in [0.15, 0.2) is 5.17 Å². The molecule has 0 spiro atoms. The van der Waals surface area contributed by atoms with Gasteiger partial charge in [0.2, 0.25) is 0 Å². The molecule has 1 N–H and O–H groups in total. The van der Waals surface area contributed by atoms with Crippen molar-refractivity contribution in [1.29, 1.82) is 0 Å². The number of anilines is 1. The molecular formula is C14H20ClIN2OS. The van der Waals surface area contributed by atoms with E-state index in [0.29, 0.717) is 11.4 Å². The van der Waals surface area contributed by atoms with Gasteiger partial charge >= 0.3 is 0 Å². The van der Waals surface area contributed by atoms with Crippen molar-refractivity contribution >= 4 is 58.2 Å². The van der Waals surface area contributed by atoms with Gasteiger partial charge in [-0.3, -0.25) is 9.89 Å². The van der Waals surface area contributed by atoms with Gasteiger partial charge in [0.1, 0.15) is 5.72 Å². The second-order valence-corrected chi connectivity index (χ2v) is 6.83. The Morgan fingerprint density at radius 2 is 2.00 bits per heavy atom. The van der Waals surface area contributed by atoms with Crippen LogP contribution in [0.1, 0.15) is 27.2 Å². The van der Waals surface area contributed by atoms with E-state index in [9.17, 15) is 5.11 Å². The van der Waals surface area contributed by atoms with Gasteiger partial charge in [0, 0.05) is 17.1 Å². The first-order valence-electron chi connectivity index (χ1n) is 6.17. The van der Waals surface area contributed by atoms with Crippen LogP contribution < -0.4 is 4.90 Å². The first-order chi connectivity index (χ1) is 8.75. The Bertz CT molecular complexity index is 520. The Kier molecular flexibility index (Phi) is 5.80. The minimum Gasteiger partial charge on any atom is -0.371 e.